The Bertz CT molecular complexity index is 1090. The van der Waals surface area contributed by atoms with Crippen molar-refractivity contribution in [3.8, 4) is 23.8 Å². The number of nitrogens with zero attached hydrogens (tertiary/aromatic N) is 1. The second-order valence-corrected chi connectivity index (χ2v) is 7.78. The van der Waals surface area contributed by atoms with E-state index in [0.29, 0.717) is 35.0 Å². The van der Waals surface area contributed by atoms with E-state index in [1.54, 1.807) is 24.3 Å². The van der Waals surface area contributed by atoms with Crippen LogP contribution in [-0.2, 0) is 16.0 Å². The van der Waals surface area contributed by atoms with E-state index in [1.165, 1.54) is 30.5 Å². The topological polar surface area (TPSA) is 67.9 Å². The number of methoxy groups -OCH3 is 2. The van der Waals surface area contributed by atoms with Crippen LogP contribution in [0.5, 0.6) is 11.5 Å². The number of amides is 2. The molecule has 7 heteroatoms. The minimum atomic E-state index is -0.948. The van der Waals surface area contributed by atoms with Gasteiger partial charge in [0.05, 0.1) is 19.9 Å². The average molecular weight is 449 g/mol. The van der Waals surface area contributed by atoms with Gasteiger partial charge in [-0.05, 0) is 41.5 Å². The van der Waals surface area contributed by atoms with Crippen LogP contribution in [0, 0.1) is 12.3 Å². The van der Waals surface area contributed by atoms with E-state index in [4.69, 9.17) is 15.9 Å². The molecule has 1 unspecified atom stereocenters. The molecule has 0 aliphatic rings. The van der Waals surface area contributed by atoms with E-state index in [-0.39, 0.29) is 5.91 Å². The van der Waals surface area contributed by atoms with Crippen LogP contribution >= 0.6 is 11.3 Å². The summed E-state index contributed by atoms with van der Waals surface area (Å²) < 4.78 is 10.7. The van der Waals surface area contributed by atoms with Gasteiger partial charge in [0.1, 0.15) is 11.5 Å². The lowest BCUT2D eigenvalue weighted by Crippen LogP contribution is -2.44. The van der Waals surface area contributed by atoms with E-state index in [0.717, 1.165) is 5.56 Å². The van der Waals surface area contributed by atoms with Gasteiger partial charge in [0.15, 0.2) is 6.04 Å². The van der Waals surface area contributed by atoms with Crippen molar-refractivity contribution in [1.82, 2.24) is 5.32 Å². The predicted molar refractivity (Wildman–Crippen MR) is 126 cm³/mol. The highest BCUT2D eigenvalue weighted by molar-refractivity contribution is 7.10. The third-order valence-corrected chi connectivity index (χ3v) is 5.79. The maximum absolute atomic E-state index is 13.4. The molecule has 0 aliphatic carbocycles. The molecule has 0 saturated carbocycles. The van der Waals surface area contributed by atoms with Gasteiger partial charge < -0.3 is 14.8 Å². The van der Waals surface area contributed by atoms with Crippen LogP contribution in [0.1, 0.15) is 16.5 Å². The molecule has 0 saturated heterocycles. The van der Waals surface area contributed by atoms with E-state index >= 15 is 0 Å². The van der Waals surface area contributed by atoms with Crippen LogP contribution < -0.4 is 19.7 Å². The van der Waals surface area contributed by atoms with Gasteiger partial charge in [0.25, 0.3) is 0 Å². The summed E-state index contributed by atoms with van der Waals surface area (Å²) in [6, 6.07) is 17.5. The maximum atomic E-state index is 13.4. The molecule has 32 heavy (non-hydrogen) atoms. The lowest BCUT2D eigenvalue weighted by Gasteiger charge is -2.30. The molecular formula is C25H24N2O4S. The number of carbonyl (C=O) groups is 2. The summed E-state index contributed by atoms with van der Waals surface area (Å²) in [5, 5.41) is 4.80. The Kier molecular flexibility index (Phi) is 7.90. The van der Waals surface area contributed by atoms with Crippen molar-refractivity contribution in [1.29, 1.82) is 0 Å². The lowest BCUT2D eigenvalue weighted by molar-refractivity contribution is -0.125. The third-order valence-electron chi connectivity index (χ3n) is 4.86. The summed E-state index contributed by atoms with van der Waals surface area (Å²) in [6.07, 6.45) is 6.16. The van der Waals surface area contributed by atoms with Crippen LogP contribution in [0.4, 0.5) is 5.69 Å². The number of hydrogen-bond acceptors (Lipinski definition) is 5. The fourth-order valence-corrected chi connectivity index (χ4v) is 4.12. The van der Waals surface area contributed by atoms with Crippen LogP contribution in [-0.4, -0.2) is 32.6 Å². The molecular weight excluding hydrogens is 424 g/mol. The fraction of sp³-hybridized carbons (Fsp3) is 0.200. The highest BCUT2D eigenvalue weighted by atomic mass is 32.1. The van der Waals surface area contributed by atoms with E-state index in [1.807, 2.05) is 41.8 Å². The molecule has 0 aliphatic heterocycles. The molecule has 0 spiro atoms. The molecule has 1 N–H and O–H groups in total. The van der Waals surface area contributed by atoms with Crippen molar-refractivity contribution >= 4 is 28.8 Å². The first-order chi connectivity index (χ1) is 15.6. The molecule has 164 valence electrons. The lowest BCUT2D eigenvalue weighted by atomic mass is 10.1. The van der Waals surface area contributed by atoms with Crippen molar-refractivity contribution in [3.05, 3.63) is 76.5 Å². The van der Waals surface area contributed by atoms with Gasteiger partial charge in [0, 0.05) is 17.5 Å². The highest BCUT2D eigenvalue weighted by Crippen LogP contribution is 2.38. The van der Waals surface area contributed by atoms with Crippen molar-refractivity contribution in [3.63, 3.8) is 0 Å². The van der Waals surface area contributed by atoms with E-state index in [9.17, 15) is 9.59 Å². The Hall–Kier alpha value is -3.76. The second-order valence-electron chi connectivity index (χ2n) is 6.80. The molecule has 6 nitrogen and oxygen atoms in total. The van der Waals surface area contributed by atoms with E-state index in [2.05, 4.69) is 11.2 Å². The smallest absolute Gasteiger partial charge is 0.303 e. The molecule has 1 atom stereocenters. The standard InChI is InChI=1S/C25H24N2O4S/c1-4-23(28)27(20-13-12-19(30-2)17-21(20)31-3)24(22-11-8-16-32-22)25(29)26-15-14-18-9-6-5-7-10-18/h1,5-13,16-17,24H,14-15H2,2-3H3,(H,26,29). The first-order valence-electron chi connectivity index (χ1n) is 9.96. The maximum Gasteiger partial charge on any atom is 0.303 e. The summed E-state index contributed by atoms with van der Waals surface area (Å²) in [6.45, 7) is 0.419. The van der Waals surface area contributed by atoms with Crippen LogP contribution in [0.3, 0.4) is 0 Å². The molecule has 0 fully saturated rings. The number of terminal acetylenes is 1. The molecule has 2 aromatic carbocycles. The van der Waals surface area contributed by atoms with Gasteiger partial charge in [-0.15, -0.1) is 17.8 Å². The fourth-order valence-electron chi connectivity index (χ4n) is 3.31. The molecule has 3 aromatic rings. The number of carbonyl (C=O) groups excluding carboxylic acids is 2. The molecule has 0 radical (unpaired) electrons. The second kappa shape index (κ2) is 11.0. The predicted octanol–water partition coefficient (Wildman–Crippen LogP) is 3.83. The number of hydrogen-bond donors (Lipinski definition) is 1. The summed E-state index contributed by atoms with van der Waals surface area (Å²) in [5.41, 5.74) is 1.49. The quantitative estimate of drug-likeness (QED) is 0.505. The normalized spacial score (nSPS) is 11.2. The average Bonchev–Trinajstić information content (AvgIpc) is 3.36. The molecule has 1 aromatic heterocycles. The third kappa shape index (κ3) is 5.29. The molecule has 0 bridgehead atoms. The monoisotopic (exact) mass is 448 g/mol. The summed E-state index contributed by atoms with van der Waals surface area (Å²) >= 11 is 1.37. The summed E-state index contributed by atoms with van der Waals surface area (Å²) in [4.78, 5) is 28.2. The Labute approximate surface area is 191 Å². The van der Waals surface area contributed by atoms with Crippen LogP contribution in [0.15, 0.2) is 66.0 Å². The van der Waals surface area contributed by atoms with Crippen molar-refractivity contribution in [2.45, 2.75) is 12.5 Å². The zero-order valence-corrected chi connectivity index (χ0v) is 18.7. The largest absolute Gasteiger partial charge is 0.497 e. The number of rotatable bonds is 9. The minimum Gasteiger partial charge on any atom is -0.497 e. The SMILES string of the molecule is C#CC(=O)N(c1ccc(OC)cc1OC)C(C(=O)NCCc1ccccc1)c1cccs1. The van der Waals surface area contributed by atoms with Crippen molar-refractivity contribution in [2.24, 2.45) is 0 Å². The Morgan fingerprint density at radius 2 is 1.88 bits per heavy atom. The van der Waals surface area contributed by atoms with Gasteiger partial charge in [-0.25, -0.2) is 0 Å². The summed E-state index contributed by atoms with van der Waals surface area (Å²) in [7, 11) is 3.02. The van der Waals surface area contributed by atoms with Gasteiger partial charge in [-0.3, -0.25) is 14.5 Å². The van der Waals surface area contributed by atoms with Crippen LogP contribution in [0.2, 0.25) is 0 Å². The Balaban J connectivity index is 1.95. The zero-order chi connectivity index (χ0) is 22.9. The first kappa shape index (κ1) is 22.9. The van der Waals surface area contributed by atoms with Gasteiger partial charge in [-0.1, -0.05) is 36.4 Å². The molecule has 1 heterocycles. The van der Waals surface area contributed by atoms with Gasteiger partial charge >= 0.3 is 5.91 Å². The highest BCUT2D eigenvalue weighted by Gasteiger charge is 2.34. The van der Waals surface area contributed by atoms with E-state index < -0.39 is 11.9 Å². The molecule has 3 rings (SSSR count). The van der Waals surface area contributed by atoms with Crippen molar-refractivity contribution in [2.75, 3.05) is 25.7 Å². The van der Waals surface area contributed by atoms with Gasteiger partial charge in [0.2, 0.25) is 5.91 Å². The first-order valence-corrected chi connectivity index (χ1v) is 10.8. The summed E-state index contributed by atoms with van der Waals surface area (Å²) in [5.74, 6) is 2.09. The number of anilines is 1. The minimum absolute atomic E-state index is 0.329. The Morgan fingerprint density at radius 1 is 1.09 bits per heavy atom. The molecule has 2 amide bonds. The van der Waals surface area contributed by atoms with Crippen molar-refractivity contribution < 1.29 is 19.1 Å². The number of nitrogens with one attached hydrogen (secondary N) is 1. The van der Waals surface area contributed by atoms with Gasteiger partial charge in [-0.2, -0.15) is 0 Å². The number of thiophene rings is 1. The Morgan fingerprint density at radius 3 is 2.50 bits per heavy atom. The number of benzene rings is 2. The number of ether oxygens (including phenoxy) is 2. The van der Waals surface area contributed by atoms with Crippen LogP contribution in [0.25, 0.3) is 0 Å². The zero-order valence-electron chi connectivity index (χ0n) is 17.9.